The van der Waals surface area contributed by atoms with Crippen molar-refractivity contribution in [1.82, 2.24) is 14.7 Å². The van der Waals surface area contributed by atoms with Gasteiger partial charge in [-0.3, -0.25) is 14.5 Å². The van der Waals surface area contributed by atoms with Crippen molar-refractivity contribution in [2.45, 2.75) is 20.0 Å². The van der Waals surface area contributed by atoms with Gasteiger partial charge in [0.15, 0.2) is 11.5 Å². The van der Waals surface area contributed by atoms with Gasteiger partial charge in [-0.2, -0.15) is 10.4 Å². The predicted molar refractivity (Wildman–Crippen MR) is 186 cm³/mol. The van der Waals surface area contributed by atoms with Crippen molar-refractivity contribution in [3.05, 3.63) is 143 Å². The first-order valence-electron chi connectivity index (χ1n) is 15.7. The third kappa shape index (κ3) is 6.99. The van der Waals surface area contributed by atoms with Crippen molar-refractivity contribution in [2.75, 3.05) is 20.8 Å². The number of carbonyl (C=O) groups excluding carboxylic acids is 2. The van der Waals surface area contributed by atoms with Crippen LogP contribution in [0.4, 0.5) is 0 Å². The number of amides is 2. The first-order chi connectivity index (χ1) is 23.9. The molecule has 1 aromatic heterocycles. The number of carbonyl (C=O) groups is 2. The first-order valence-corrected chi connectivity index (χ1v) is 15.7. The molecule has 5 aromatic rings. The number of hydrogen-bond donors (Lipinski definition) is 0. The van der Waals surface area contributed by atoms with Gasteiger partial charge in [-0.15, -0.1) is 0 Å². The van der Waals surface area contributed by atoms with Gasteiger partial charge in [0.25, 0.3) is 11.8 Å². The zero-order valence-electron chi connectivity index (χ0n) is 27.4. The second kappa shape index (κ2) is 14.6. The lowest BCUT2D eigenvalue weighted by Gasteiger charge is -2.27. The van der Waals surface area contributed by atoms with Crippen LogP contribution in [0.3, 0.4) is 0 Å². The summed E-state index contributed by atoms with van der Waals surface area (Å²) in [6, 6.07) is 34.6. The molecular weight excluding hydrogens is 616 g/mol. The van der Waals surface area contributed by atoms with E-state index in [1.165, 1.54) is 0 Å². The van der Waals surface area contributed by atoms with Crippen LogP contribution in [0.2, 0.25) is 0 Å². The van der Waals surface area contributed by atoms with Crippen LogP contribution in [-0.4, -0.2) is 47.3 Å². The summed E-state index contributed by atoms with van der Waals surface area (Å²) in [5, 5.41) is 15.0. The number of aromatic nitrogens is 2. The molecule has 0 saturated carbocycles. The summed E-state index contributed by atoms with van der Waals surface area (Å²) in [4.78, 5) is 28.6. The minimum Gasteiger partial charge on any atom is -0.493 e. The topological polar surface area (TPSA) is 107 Å². The Morgan fingerprint density at radius 3 is 2.27 bits per heavy atom. The largest absolute Gasteiger partial charge is 0.493 e. The lowest BCUT2D eigenvalue weighted by atomic mass is 9.93. The van der Waals surface area contributed by atoms with Crippen molar-refractivity contribution < 1.29 is 23.8 Å². The van der Waals surface area contributed by atoms with Gasteiger partial charge in [-0.05, 0) is 72.5 Å². The second-order valence-corrected chi connectivity index (χ2v) is 11.4. The lowest BCUT2D eigenvalue weighted by molar-refractivity contribution is -0.140. The van der Waals surface area contributed by atoms with Gasteiger partial charge in [-0.1, -0.05) is 66.7 Å². The summed E-state index contributed by atoms with van der Waals surface area (Å²) in [5.41, 5.74) is 5.22. The average Bonchev–Trinajstić information content (AvgIpc) is 3.57. The summed E-state index contributed by atoms with van der Waals surface area (Å²) >= 11 is 0. The maximum Gasteiger partial charge on any atom is 0.271 e. The number of rotatable bonds is 11. The van der Waals surface area contributed by atoms with Gasteiger partial charge in [0, 0.05) is 29.4 Å². The molecule has 2 heterocycles. The van der Waals surface area contributed by atoms with Crippen LogP contribution in [0.5, 0.6) is 17.2 Å². The lowest BCUT2D eigenvalue weighted by Crippen LogP contribution is -2.43. The summed E-state index contributed by atoms with van der Waals surface area (Å²) in [5.74, 6) is 0.680. The SMILES string of the molecule is COc1ccc(CCN2C(=O)C(C#N)=C(C)/C(=C\c3cn(-c4ccccc4)nc3-c3cccc(OCc4ccccc4)c3)C2=O)cc1OC. The molecule has 0 atom stereocenters. The van der Waals surface area contributed by atoms with Crippen LogP contribution in [0.25, 0.3) is 23.0 Å². The molecule has 1 aliphatic heterocycles. The molecule has 6 rings (SSSR count). The predicted octanol–water partition coefficient (Wildman–Crippen LogP) is 6.97. The number of nitrogens with zero attached hydrogens (tertiary/aromatic N) is 4. The smallest absolute Gasteiger partial charge is 0.271 e. The summed E-state index contributed by atoms with van der Waals surface area (Å²) in [6.45, 7) is 2.10. The molecule has 0 unspecified atom stereocenters. The first kappa shape index (κ1) is 32.5. The van der Waals surface area contributed by atoms with Crippen molar-refractivity contribution >= 4 is 17.9 Å². The average molecular weight is 651 g/mol. The van der Waals surface area contributed by atoms with E-state index in [0.29, 0.717) is 47.1 Å². The van der Waals surface area contributed by atoms with Crippen LogP contribution >= 0.6 is 0 Å². The Labute approximate surface area is 284 Å². The standard InChI is InChI=1S/C40H34N4O5/c1-27-34(39(45)43(40(46)35(27)24-41)20-19-28-17-18-36(47-2)37(21-28)48-3)23-31-25-44(32-14-8-5-9-15-32)42-38(31)30-13-10-16-33(22-30)49-26-29-11-6-4-7-12-29/h4-18,21-23,25H,19-20,26H2,1-3H3/b34-23+. The van der Waals surface area contributed by atoms with Crippen LogP contribution in [0.1, 0.15) is 23.6 Å². The Balaban J connectivity index is 1.37. The molecule has 0 radical (unpaired) electrons. The highest BCUT2D eigenvalue weighted by Gasteiger charge is 2.35. The molecule has 0 saturated heterocycles. The highest BCUT2D eigenvalue weighted by atomic mass is 16.5. The van der Waals surface area contributed by atoms with E-state index in [4.69, 9.17) is 19.3 Å². The van der Waals surface area contributed by atoms with Gasteiger partial charge >= 0.3 is 0 Å². The zero-order chi connectivity index (χ0) is 34.3. The third-order valence-corrected chi connectivity index (χ3v) is 8.32. The number of nitriles is 1. The minimum absolute atomic E-state index is 0.0693. The van der Waals surface area contributed by atoms with E-state index in [9.17, 15) is 14.9 Å². The molecule has 0 bridgehead atoms. The molecule has 0 spiro atoms. The molecule has 0 N–H and O–H groups in total. The number of hydrogen-bond acceptors (Lipinski definition) is 7. The van der Waals surface area contributed by atoms with Crippen LogP contribution in [0.15, 0.2) is 126 Å². The molecule has 9 nitrogen and oxygen atoms in total. The number of imide groups is 1. The summed E-state index contributed by atoms with van der Waals surface area (Å²) < 4.78 is 18.6. The van der Waals surface area contributed by atoms with E-state index in [2.05, 4.69) is 0 Å². The number of benzene rings is 4. The van der Waals surface area contributed by atoms with Gasteiger partial charge in [0.1, 0.15) is 29.7 Å². The normalized spacial score (nSPS) is 13.8. The maximum absolute atomic E-state index is 14.1. The molecule has 9 heteroatoms. The zero-order valence-corrected chi connectivity index (χ0v) is 27.4. The molecule has 0 aliphatic carbocycles. The van der Waals surface area contributed by atoms with Crippen LogP contribution in [0, 0.1) is 11.3 Å². The van der Waals surface area contributed by atoms with Crippen molar-refractivity contribution in [3.63, 3.8) is 0 Å². The summed E-state index contributed by atoms with van der Waals surface area (Å²) in [7, 11) is 3.10. The fourth-order valence-corrected chi connectivity index (χ4v) is 5.67. The molecule has 244 valence electrons. The van der Waals surface area contributed by atoms with E-state index >= 15 is 0 Å². The molecule has 1 aliphatic rings. The molecule has 49 heavy (non-hydrogen) atoms. The quantitative estimate of drug-likeness (QED) is 0.112. The Bertz CT molecular complexity index is 2110. The molecular formula is C40H34N4O5. The Morgan fingerprint density at radius 2 is 1.55 bits per heavy atom. The Hall–Kier alpha value is -6.40. The highest BCUT2D eigenvalue weighted by Crippen LogP contribution is 2.33. The van der Waals surface area contributed by atoms with E-state index in [0.717, 1.165) is 27.3 Å². The molecule has 2 amide bonds. The summed E-state index contributed by atoms with van der Waals surface area (Å²) in [6.07, 6.45) is 3.91. The van der Waals surface area contributed by atoms with Crippen molar-refractivity contribution in [3.8, 4) is 40.3 Å². The van der Waals surface area contributed by atoms with E-state index in [1.54, 1.807) is 38.0 Å². The van der Waals surface area contributed by atoms with Crippen LogP contribution < -0.4 is 14.2 Å². The Kier molecular flexibility index (Phi) is 9.68. The van der Waals surface area contributed by atoms with E-state index < -0.39 is 11.8 Å². The molecule has 0 fully saturated rings. The van der Waals surface area contributed by atoms with Gasteiger partial charge < -0.3 is 14.2 Å². The molecule has 4 aromatic carbocycles. The van der Waals surface area contributed by atoms with Gasteiger partial charge in [-0.25, -0.2) is 4.68 Å². The van der Waals surface area contributed by atoms with Crippen molar-refractivity contribution in [1.29, 1.82) is 5.26 Å². The Morgan fingerprint density at radius 1 is 0.816 bits per heavy atom. The fourth-order valence-electron chi connectivity index (χ4n) is 5.67. The number of para-hydroxylation sites is 1. The maximum atomic E-state index is 14.1. The van der Waals surface area contributed by atoms with Crippen molar-refractivity contribution in [2.24, 2.45) is 0 Å². The van der Waals surface area contributed by atoms with Gasteiger partial charge in [0.05, 0.1) is 19.9 Å². The third-order valence-electron chi connectivity index (χ3n) is 8.32. The monoisotopic (exact) mass is 650 g/mol. The highest BCUT2D eigenvalue weighted by molar-refractivity contribution is 6.19. The number of ether oxygens (including phenoxy) is 3. The van der Waals surface area contributed by atoms with Gasteiger partial charge in [0.2, 0.25) is 0 Å². The van der Waals surface area contributed by atoms with E-state index in [1.807, 2.05) is 109 Å². The second-order valence-electron chi connectivity index (χ2n) is 11.4. The fraction of sp³-hybridized carbons (Fsp3) is 0.150. The minimum atomic E-state index is -0.619. The van der Waals surface area contributed by atoms with Crippen LogP contribution in [-0.2, 0) is 22.6 Å². The number of methoxy groups -OCH3 is 2. The van der Waals surface area contributed by atoms with E-state index in [-0.39, 0.29) is 17.7 Å².